The van der Waals surface area contributed by atoms with Gasteiger partial charge in [-0.25, -0.2) is 4.98 Å². The predicted octanol–water partition coefficient (Wildman–Crippen LogP) is 5.11. The molecule has 6 nitrogen and oxygen atoms in total. The first-order valence-corrected chi connectivity index (χ1v) is 12.9. The molecule has 0 unspecified atom stereocenters. The summed E-state index contributed by atoms with van der Waals surface area (Å²) < 4.78 is 1.61. The summed E-state index contributed by atoms with van der Waals surface area (Å²) >= 11 is 1.23. The predicted molar refractivity (Wildman–Crippen MR) is 145 cm³/mol. The van der Waals surface area contributed by atoms with Crippen molar-refractivity contribution >= 4 is 34.4 Å². The Morgan fingerprint density at radius 2 is 1.69 bits per heavy atom. The van der Waals surface area contributed by atoms with Gasteiger partial charge < -0.3 is 5.32 Å². The van der Waals surface area contributed by atoms with Crippen molar-refractivity contribution in [2.45, 2.75) is 32.5 Å². The number of hydrogen-bond donors (Lipinski definition) is 1. The van der Waals surface area contributed by atoms with Crippen LogP contribution in [-0.2, 0) is 6.54 Å². The highest BCUT2D eigenvalue weighted by molar-refractivity contribution is 7.99. The van der Waals surface area contributed by atoms with Gasteiger partial charge in [0.1, 0.15) is 0 Å². The maximum absolute atomic E-state index is 13.6. The van der Waals surface area contributed by atoms with Crippen LogP contribution in [0.4, 0.5) is 0 Å². The summed E-state index contributed by atoms with van der Waals surface area (Å²) in [6, 6.07) is 22.0. The van der Waals surface area contributed by atoms with Crippen molar-refractivity contribution in [3.8, 4) is 0 Å². The molecule has 7 heteroatoms. The van der Waals surface area contributed by atoms with E-state index in [0.717, 1.165) is 11.1 Å². The third-order valence-electron chi connectivity index (χ3n) is 5.74. The summed E-state index contributed by atoms with van der Waals surface area (Å²) in [6.45, 7) is 6.96. The number of thioether (sulfide) groups is 1. The minimum Gasteiger partial charge on any atom is -0.352 e. The molecule has 0 spiro atoms. The van der Waals surface area contributed by atoms with Crippen LogP contribution < -0.4 is 10.9 Å². The number of amides is 1. The van der Waals surface area contributed by atoms with E-state index < -0.39 is 0 Å². The molecular formula is C29H29N3O3S. The number of ketones is 1. The zero-order valence-corrected chi connectivity index (χ0v) is 21.5. The van der Waals surface area contributed by atoms with Crippen LogP contribution in [-0.4, -0.2) is 33.5 Å². The first-order valence-electron chi connectivity index (χ1n) is 11.9. The molecule has 1 heterocycles. The van der Waals surface area contributed by atoms with Crippen LogP contribution in [0.1, 0.15) is 45.7 Å². The van der Waals surface area contributed by atoms with Gasteiger partial charge in [0.05, 0.1) is 23.2 Å². The number of nitrogens with zero attached hydrogens (tertiary/aromatic N) is 2. The van der Waals surface area contributed by atoms with E-state index in [1.165, 1.54) is 11.8 Å². The molecule has 1 aromatic heterocycles. The number of aromatic nitrogens is 2. The van der Waals surface area contributed by atoms with E-state index in [-0.39, 0.29) is 23.0 Å². The Bertz CT molecular complexity index is 1440. The second-order valence-electron chi connectivity index (χ2n) is 9.18. The van der Waals surface area contributed by atoms with Crippen molar-refractivity contribution in [3.05, 3.63) is 105 Å². The zero-order valence-electron chi connectivity index (χ0n) is 20.7. The number of aryl methyl sites for hydroxylation is 1. The smallest absolute Gasteiger partial charge is 0.262 e. The standard InChI is InChI=1S/C29H29N3O3S/c1-19(2)16-30-27(34)23-13-14-24-25(15-23)31-29(36-18-26(33)22-7-5-4-6-8-22)32(28(24)35)17-21-11-9-20(3)10-12-21/h4-15,19H,16-18H2,1-3H3,(H,30,34). The quantitative estimate of drug-likeness (QED) is 0.197. The Kier molecular flexibility index (Phi) is 8.00. The van der Waals surface area contributed by atoms with Gasteiger partial charge in [0.15, 0.2) is 10.9 Å². The topological polar surface area (TPSA) is 81.1 Å². The molecule has 0 aliphatic carbocycles. The molecule has 0 saturated carbocycles. The molecule has 4 rings (SSSR count). The molecule has 1 N–H and O–H groups in total. The molecule has 36 heavy (non-hydrogen) atoms. The SMILES string of the molecule is Cc1ccc(Cn2c(SCC(=O)c3ccccc3)nc3cc(C(=O)NCC(C)C)ccc3c2=O)cc1. The number of fused-ring (bicyclic) bond motifs is 1. The van der Waals surface area contributed by atoms with Crippen LogP contribution in [0.25, 0.3) is 10.9 Å². The lowest BCUT2D eigenvalue weighted by atomic mass is 10.1. The highest BCUT2D eigenvalue weighted by Crippen LogP contribution is 2.21. The molecule has 0 aliphatic rings. The number of hydrogen-bond acceptors (Lipinski definition) is 5. The lowest BCUT2D eigenvalue weighted by Gasteiger charge is -2.14. The van der Waals surface area contributed by atoms with Gasteiger partial charge in [-0.15, -0.1) is 0 Å². The van der Waals surface area contributed by atoms with Crippen LogP contribution >= 0.6 is 11.8 Å². The fourth-order valence-electron chi connectivity index (χ4n) is 3.70. The van der Waals surface area contributed by atoms with Crippen molar-refractivity contribution in [1.82, 2.24) is 14.9 Å². The van der Waals surface area contributed by atoms with Crippen molar-refractivity contribution in [2.75, 3.05) is 12.3 Å². The molecule has 0 bridgehead atoms. The Balaban J connectivity index is 1.71. The van der Waals surface area contributed by atoms with E-state index >= 15 is 0 Å². The lowest BCUT2D eigenvalue weighted by Crippen LogP contribution is -2.28. The Labute approximate surface area is 214 Å². The second-order valence-corrected chi connectivity index (χ2v) is 10.1. The maximum Gasteiger partial charge on any atom is 0.262 e. The van der Waals surface area contributed by atoms with E-state index in [0.29, 0.717) is 46.2 Å². The number of benzene rings is 3. The number of nitrogens with one attached hydrogen (secondary N) is 1. The van der Waals surface area contributed by atoms with E-state index in [1.54, 1.807) is 34.9 Å². The molecular weight excluding hydrogens is 470 g/mol. The van der Waals surface area contributed by atoms with E-state index in [1.807, 2.05) is 63.2 Å². The summed E-state index contributed by atoms with van der Waals surface area (Å²) in [5.74, 6) is 0.222. The molecule has 3 aromatic carbocycles. The fraction of sp³-hybridized carbons (Fsp3) is 0.241. The first-order chi connectivity index (χ1) is 17.3. The molecule has 0 radical (unpaired) electrons. The number of carbonyl (C=O) groups is 2. The van der Waals surface area contributed by atoms with Crippen molar-refractivity contribution < 1.29 is 9.59 Å². The van der Waals surface area contributed by atoms with Gasteiger partial charge in [-0.3, -0.25) is 19.0 Å². The van der Waals surface area contributed by atoms with Crippen LogP contribution in [0.5, 0.6) is 0 Å². The van der Waals surface area contributed by atoms with Gasteiger partial charge >= 0.3 is 0 Å². The van der Waals surface area contributed by atoms with Crippen molar-refractivity contribution in [1.29, 1.82) is 0 Å². The van der Waals surface area contributed by atoms with E-state index in [2.05, 4.69) is 5.32 Å². The van der Waals surface area contributed by atoms with Gasteiger partial charge in [0.2, 0.25) is 0 Å². The minimum atomic E-state index is -0.204. The van der Waals surface area contributed by atoms with Crippen molar-refractivity contribution in [3.63, 3.8) is 0 Å². The minimum absolute atomic E-state index is 0.0429. The third kappa shape index (κ3) is 6.10. The van der Waals surface area contributed by atoms with Crippen molar-refractivity contribution in [2.24, 2.45) is 5.92 Å². The highest BCUT2D eigenvalue weighted by atomic mass is 32.2. The second kappa shape index (κ2) is 11.4. The zero-order chi connectivity index (χ0) is 25.7. The Hall–Kier alpha value is -3.71. The summed E-state index contributed by atoms with van der Waals surface area (Å²) in [5, 5.41) is 3.77. The molecule has 1 amide bonds. The molecule has 184 valence electrons. The summed E-state index contributed by atoms with van der Waals surface area (Å²) in [7, 11) is 0. The molecule has 0 fully saturated rings. The highest BCUT2D eigenvalue weighted by Gasteiger charge is 2.16. The van der Waals surface area contributed by atoms with Gasteiger partial charge in [0.25, 0.3) is 11.5 Å². The first kappa shape index (κ1) is 25.4. The van der Waals surface area contributed by atoms with Gasteiger partial charge in [0, 0.05) is 17.7 Å². The summed E-state index contributed by atoms with van der Waals surface area (Å²) in [5.41, 5.74) is 3.39. The van der Waals surface area contributed by atoms with Crippen LogP contribution in [0.2, 0.25) is 0 Å². The number of carbonyl (C=O) groups excluding carboxylic acids is 2. The Morgan fingerprint density at radius 3 is 2.39 bits per heavy atom. The van der Waals surface area contributed by atoms with Crippen LogP contribution in [0.15, 0.2) is 82.7 Å². The van der Waals surface area contributed by atoms with Gasteiger partial charge in [-0.05, 0) is 36.6 Å². The number of rotatable bonds is 9. The molecule has 0 saturated heterocycles. The van der Waals surface area contributed by atoms with Gasteiger partial charge in [-0.2, -0.15) is 0 Å². The molecule has 4 aromatic rings. The number of Topliss-reactive ketones (excluding diaryl/α,β-unsaturated/α-hetero) is 1. The molecule has 0 aliphatic heterocycles. The monoisotopic (exact) mass is 499 g/mol. The average Bonchev–Trinajstić information content (AvgIpc) is 2.89. The molecule has 0 atom stereocenters. The van der Waals surface area contributed by atoms with Crippen LogP contribution in [0, 0.1) is 12.8 Å². The summed E-state index contributed by atoms with van der Waals surface area (Å²) in [6.07, 6.45) is 0. The van der Waals surface area contributed by atoms with E-state index in [9.17, 15) is 14.4 Å². The normalized spacial score (nSPS) is 11.1. The fourth-order valence-corrected chi connectivity index (χ4v) is 4.60. The van der Waals surface area contributed by atoms with Crippen LogP contribution in [0.3, 0.4) is 0 Å². The lowest BCUT2D eigenvalue weighted by molar-refractivity contribution is 0.0948. The van der Waals surface area contributed by atoms with Gasteiger partial charge in [-0.1, -0.05) is 85.8 Å². The average molecular weight is 500 g/mol. The third-order valence-corrected chi connectivity index (χ3v) is 6.72. The largest absolute Gasteiger partial charge is 0.352 e. The summed E-state index contributed by atoms with van der Waals surface area (Å²) in [4.78, 5) is 43.7. The Morgan fingerprint density at radius 1 is 0.972 bits per heavy atom. The maximum atomic E-state index is 13.6. The van der Waals surface area contributed by atoms with E-state index in [4.69, 9.17) is 4.98 Å².